The summed E-state index contributed by atoms with van der Waals surface area (Å²) in [6.45, 7) is 3.49. The van der Waals surface area contributed by atoms with E-state index >= 15 is 0 Å². The number of esters is 1. The maximum absolute atomic E-state index is 11.3. The van der Waals surface area contributed by atoms with Crippen molar-refractivity contribution in [3.05, 3.63) is 0 Å². The predicted octanol–water partition coefficient (Wildman–Crippen LogP) is 1.08. The van der Waals surface area contributed by atoms with Gasteiger partial charge in [0.25, 0.3) is 0 Å². The molecule has 0 radical (unpaired) electrons. The number of nitrogens with one attached hydrogen (secondary N) is 1. The fourth-order valence-corrected chi connectivity index (χ4v) is 2.53. The van der Waals surface area contributed by atoms with Gasteiger partial charge in [0.15, 0.2) is 0 Å². The van der Waals surface area contributed by atoms with Crippen molar-refractivity contribution >= 4 is 5.97 Å². The fraction of sp³-hybridized carbons (Fsp3) is 0.900. The van der Waals surface area contributed by atoms with E-state index in [1.54, 1.807) is 0 Å². The van der Waals surface area contributed by atoms with Crippen molar-refractivity contribution in [2.24, 2.45) is 5.92 Å². The van der Waals surface area contributed by atoms with Crippen LogP contribution in [0.5, 0.6) is 0 Å². The van der Waals surface area contributed by atoms with Gasteiger partial charge in [-0.2, -0.15) is 0 Å². The minimum atomic E-state index is 0.00169. The zero-order valence-electron chi connectivity index (χ0n) is 8.14. The van der Waals surface area contributed by atoms with Crippen molar-refractivity contribution in [3.8, 4) is 0 Å². The van der Waals surface area contributed by atoms with E-state index < -0.39 is 0 Å². The summed E-state index contributed by atoms with van der Waals surface area (Å²) >= 11 is 0. The first-order chi connectivity index (χ1) is 6.26. The smallest absolute Gasteiger partial charge is 0.309 e. The van der Waals surface area contributed by atoms with Gasteiger partial charge in [-0.1, -0.05) is 0 Å². The van der Waals surface area contributed by atoms with E-state index in [0.29, 0.717) is 12.1 Å². The first-order valence-electron chi connectivity index (χ1n) is 5.17. The van der Waals surface area contributed by atoms with Crippen molar-refractivity contribution in [1.29, 1.82) is 0 Å². The lowest BCUT2D eigenvalue weighted by Gasteiger charge is -2.44. The molecule has 0 atom stereocenters. The Hall–Kier alpha value is -0.570. The molecule has 13 heavy (non-hydrogen) atoms. The van der Waals surface area contributed by atoms with Crippen LogP contribution >= 0.6 is 0 Å². The molecule has 3 nitrogen and oxygen atoms in total. The van der Waals surface area contributed by atoms with E-state index in [2.05, 4.69) is 5.32 Å². The highest BCUT2D eigenvalue weighted by molar-refractivity contribution is 5.74. The number of rotatable bonds is 2. The Kier molecular flexibility index (Phi) is 2.28. The molecule has 0 bridgehead atoms. The summed E-state index contributed by atoms with van der Waals surface area (Å²) in [5.41, 5.74) is 0.317. The van der Waals surface area contributed by atoms with Gasteiger partial charge >= 0.3 is 5.97 Å². The molecule has 0 unspecified atom stereocenters. The Morgan fingerprint density at radius 3 is 2.92 bits per heavy atom. The molecule has 74 valence electrons. The third kappa shape index (κ3) is 1.57. The lowest BCUT2D eigenvalue weighted by Crippen LogP contribution is -2.53. The van der Waals surface area contributed by atoms with Gasteiger partial charge in [-0.3, -0.25) is 4.79 Å². The van der Waals surface area contributed by atoms with E-state index in [-0.39, 0.29) is 11.9 Å². The van der Waals surface area contributed by atoms with Crippen LogP contribution in [0.3, 0.4) is 0 Å². The SMILES string of the molecule is CCOC(=O)C1CC2(CCCN2)C1. The largest absolute Gasteiger partial charge is 0.466 e. The van der Waals surface area contributed by atoms with E-state index in [0.717, 1.165) is 19.4 Å². The second-order valence-corrected chi connectivity index (χ2v) is 4.17. The summed E-state index contributed by atoms with van der Waals surface area (Å²) in [5, 5.41) is 3.49. The molecule has 1 N–H and O–H groups in total. The topological polar surface area (TPSA) is 38.3 Å². The quantitative estimate of drug-likeness (QED) is 0.651. The van der Waals surface area contributed by atoms with Crippen LogP contribution in [-0.4, -0.2) is 24.7 Å². The fourth-order valence-electron chi connectivity index (χ4n) is 2.53. The number of ether oxygens (including phenoxy) is 1. The maximum atomic E-state index is 11.3. The minimum Gasteiger partial charge on any atom is -0.466 e. The van der Waals surface area contributed by atoms with Crippen LogP contribution in [0.2, 0.25) is 0 Å². The Balaban J connectivity index is 1.80. The molecule has 2 rings (SSSR count). The summed E-state index contributed by atoms with van der Waals surface area (Å²) in [6, 6.07) is 0. The van der Waals surface area contributed by atoms with Crippen LogP contribution < -0.4 is 5.32 Å². The minimum absolute atomic E-state index is 0.00169. The highest BCUT2D eigenvalue weighted by Crippen LogP contribution is 2.43. The zero-order valence-corrected chi connectivity index (χ0v) is 8.14. The molecule has 1 aliphatic heterocycles. The van der Waals surface area contributed by atoms with Gasteiger partial charge in [0.2, 0.25) is 0 Å². The Bertz CT molecular complexity index is 201. The molecule has 3 heteroatoms. The van der Waals surface area contributed by atoms with Gasteiger partial charge in [0, 0.05) is 5.54 Å². The van der Waals surface area contributed by atoms with Gasteiger partial charge < -0.3 is 10.1 Å². The highest BCUT2D eigenvalue weighted by Gasteiger charge is 2.49. The summed E-state index contributed by atoms with van der Waals surface area (Å²) in [7, 11) is 0. The molecule has 1 saturated heterocycles. The van der Waals surface area contributed by atoms with E-state index in [9.17, 15) is 4.79 Å². The van der Waals surface area contributed by atoms with Crippen molar-refractivity contribution in [2.45, 2.75) is 38.1 Å². The van der Waals surface area contributed by atoms with Crippen LogP contribution in [0, 0.1) is 5.92 Å². The van der Waals surface area contributed by atoms with Crippen LogP contribution in [0.1, 0.15) is 32.6 Å². The van der Waals surface area contributed by atoms with E-state index in [4.69, 9.17) is 4.74 Å². The van der Waals surface area contributed by atoms with Gasteiger partial charge in [0.1, 0.15) is 0 Å². The van der Waals surface area contributed by atoms with Crippen LogP contribution in [-0.2, 0) is 9.53 Å². The monoisotopic (exact) mass is 183 g/mol. The summed E-state index contributed by atoms with van der Waals surface area (Å²) in [6.07, 6.45) is 4.48. The molecule has 0 aromatic carbocycles. The van der Waals surface area contributed by atoms with Gasteiger partial charge in [-0.15, -0.1) is 0 Å². The standard InChI is InChI=1S/C10H17NO2/c1-2-13-9(12)8-6-10(7-8)4-3-5-11-10/h8,11H,2-7H2,1H3. The highest BCUT2D eigenvalue weighted by atomic mass is 16.5. The van der Waals surface area contributed by atoms with Gasteiger partial charge in [-0.25, -0.2) is 0 Å². The van der Waals surface area contributed by atoms with E-state index in [1.165, 1.54) is 12.8 Å². The first kappa shape index (κ1) is 9.00. The Labute approximate surface area is 78.8 Å². The molecular formula is C10H17NO2. The van der Waals surface area contributed by atoms with Crippen molar-refractivity contribution in [2.75, 3.05) is 13.2 Å². The number of carbonyl (C=O) groups is 1. The third-order valence-electron chi connectivity index (χ3n) is 3.23. The molecule has 0 aromatic heterocycles. The predicted molar refractivity (Wildman–Crippen MR) is 49.3 cm³/mol. The van der Waals surface area contributed by atoms with Crippen LogP contribution in [0.4, 0.5) is 0 Å². The molecule has 1 aliphatic carbocycles. The zero-order chi connectivity index (χ0) is 9.31. The molecule has 1 spiro atoms. The summed E-state index contributed by atoms with van der Waals surface area (Å²) in [4.78, 5) is 11.3. The lowest BCUT2D eigenvalue weighted by molar-refractivity contribution is -0.153. The van der Waals surface area contributed by atoms with Crippen LogP contribution in [0.25, 0.3) is 0 Å². The lowest BCUT2D eigenvalue weighted by atomic mass is 9.67. The van der Waals surface area contributed by atoms with E-state index in [1.807, 2.05) is 6.92 Å². The number of carbonyl (C=O) groups excluding carboxylic acids is 1. The molecule has 0 aromatic rings. The van der Waals surface area contributed by atoms with Crippen molar-refractivity contribution < 1.29 is 9.53 Å². The number of hydrogen-bond donors (Lipinski definition) is 1. The molecule has 2 aliphatic rings. The van der Waals surface area contributed by atoms with Crippen molar-refractivity contribution in [1.82, 2.24) is 5.32 Å². The first-order valence-corrected chi connectivity index (χ1v) is 5.17. The summed E-state index contributed by atoms with van der Waals surface area (Å²) in [5.74, 6) is 0.173. The van der Waals surface area contributed by atoms with Gasteiger partial charge in [0.05, 0.1) is 12.5 Å². The Morgan fingerprint density at radius 1 is 1.62 bits per heavy atom. The molecule has 1 saturated carbocycles. The second kappa shape index (κ2) is 3.29. The molecule has 1 heterocycles. The van der Waals surface area contributed by atoms with Crippen molar-refractivity contribution in [3.63, 3.8) is 0 Å². The van der Waals surface area contributed by atoms with Crippen LogP contribution in [0.15, 0.2) is 0 Å². The second-order valence-electron chi connectivity index (χ2n) is 4.17. The maximum Gasteiger partial charge on any atom is 0.309 e. The van der Waals surface area contributed by atoms with Gasteiger partial charge in [-0.05, 0) is 39.2 Å². The number of hydrogen-bond acceptors (Lipinski definition) is 3. The Morgan fingerprint density at radius 2 is 2.38 bits per heavy atom. The molecule has 0 amide bonds. The normalized spacial score (nSPS) is 37.5. The average molecular weight is 183 g/mol. The third-order valence-corrected chi connectivity index (χ3v) is 3.23. The molecular weight excluding hydrogens is 166 g/mol. The molecule has 2 fully saturated rings. The summed E-state index contributed by atoms with van der Waals surface area (Å²) < 4.78 is 4.98. The average Bonchev–Trinajstić information content (AvgIpc) is 2.49.